The van der Waals surface area contributed by atoms with Gasteiger partial charge < -0.3 is 17.7 Å². The highest BCUT2D eigenvalue weighted by Crippen LogP contribution is 2.57. The zero-order valence-corrected chi connectivity index (χ0v) is 9.13. The molecule has 3 saturated carbocycles. The van der Waals surface area contributed by atoms with Gasteiger partial charge in [0, 0.05) is 12.3 Å². The van der Waals surface area contributed by atoms with Crippen LogP contribution in [0, 0.1) is 23.7 Å². The highest BCUT2D eigenvalue weighted by molar-refractivity contribution is 5.02. The topological polar surface area (TPSA) is 16.6 Å². The lowest BCUT2D eigenvalue weighted by Crippen LogP contribution is -3.00. The molecule has 0 radical (unpaired) electrons. The molecule has 0 saturated heterocycles. The normalized spacial score (nSPS) is 51.9. The monoisotopic (exact) mass is 201 g/mol. The second-order valence-electron chi connectivity index (χ2n) is 5.15. The number of hydrogen-bond acceptors (Lipinski definition) is 0. The molecule has 0 spiro atoms. The van der Waals surface area contributed by atoms with E-state index < -0.39 is 0 Å². The highest BCUT2D eigenvalue weighted by atomic mass is 35.5. The van der Waals surface area contributed by atoms with E-state index in [1.807, 2.05) is 0 Å². The van der Waals surface area contributed by atoms with E-state index in [4.69, 9.17) is 0 Å². The van der Waals surface area contributed by atoms with E-state index in [0.717, 1.165) is 23.8 Å². The van der Waals surface area contributed by atoms with E-state index in [1.165, 1.54) is 5.92 Å². The first kappa shape index (κ1) is 9.79. The van der Waals surface area contributed by atoms with E-state index in [2.05, 4.69) is 12.4 Å². The number of halogens is 1. The highest BCUT2D eigenvalue weighted by Gasteiger charge is 2.54. The van der Waals surface area contributed by atoms with Crippen LogP contribution in [-0.2, 0) is 0 Å². The summed E-state index contributed by atoms with van der Waals surface area (Å²) in [5.41, 5.74) is 0. The molecular formula is C11H20ClN. The molecule has 3 rings (SSSR count). The Kier molecular flexibility index (Phi) is 2.59. The molecule has 0 aliphatic heterocycles. The Morgan fingerprint density at radius 2 is 1.77 bits per heavy atom. The maximum absolute atomic E-state index is 2.49. The average molecular weight is 202 g/mol. The molecule has 3 aliphatic carbocycles. The predicted molar refractivity (Wildman–Crippen MR) is 48.7 cm³/mol. The Morgan fingerprint density at radius 1 is 1.00 bits per heavy atom. The van der Waals surface area contributed by atoms with Crippen LogP contribution in [0.25, 0.3) is 0 Å². The fraction of sp³-hybridized carbons (Fsp3) is 1.00. The van der Waals surface area contributed by atoms with E-state index in [1.54, 1.807) is 32.1 Å². The maximum Gasteiger partial charge on any atom is 0.0891 e. The minimum absolute atomic E-state index is 0. The third kappa shape index (κ3) is 1.24. The number of hydrogen-bond donors (Lipinski definition) is 1. The fourth-order valence-corrected chi connectivity index (χ4v) is 4.50. The molecule has 0 amide bonds. The fourth-order valence-electron chi connectivity index (χ4n) is 4.50. The standard InChI is InChI=1S/C11H19N.ClH/c1-12-11-6-7-5-10(11)9-4-2-3-8(7)9;/h7-12H,2-6H2,1H3;1H. The molecule has 5 unspecified atom stereocenters. The molecule has 0 heterocycles. The molecule has 76 valence electrons. The molecule has 0 aromatic heterocycles. The molecular weight excluding hydrogens is 182 g/mol. The van der Waals surface area contributed by atoms with Gasteiger partial charge in [-0.1, -0.05) is 6.42 Å². The zero-order chi connectivity index (χ0) is 8.13. The Bertz CT molecular complexity index is 193. The van der Waals surface area contributed by atoms with Gasteiger partial charge in [0.05, 0.1) is 13.1 Å². The molecule has 2 N–H and O–H groups in total. The summed E-state index contributed by atoms with van der Waals surface area (Å²) in [5.74, 6) is 4.59. The maximum atomic E-state index is 2.49. The summed E-state index contributed by atoms with van der Waals surface area (Å²) < 4.78 is 0. The lowest BCUT2D eigenvalue weighted by Gasteiger charge is -2.28. The van der Waals surface area contributed by atoms with Gasteiger partial charge in [-0.15, -0.1) is 0 Å². The third-order valence-electron chi connectivity index (χ3n) is 4.91. The van der Waals surface area contributed by atoms with Gasteiger partial charge in [0.25, 0.3) is 0 Å². The number of rotatable bonds is 1. The summed E-state index contributed by atoms with van der Waals surface area (Å²) in [6, 6.07) is 1.01. The van der Waals surface area contributed by atoms with Crippen molar-refractivity contribution in [1.82, 2.24) is 0 Å². The van der Waals surface area contributed by atoms with Gasteiger partial charge in [-0.25, -0.2) is 0 Å². The molecule has 3 aliphatic rings. The first-order chi connectivity index (χ1) is 5.90. The first-order valence-electron chi connectivity index (χ1n) is 5.69. The summed E-state index contributed by atoms with van der Waals surface area (Å²) in [5, 5.41) is 2.49. The third-order valence-corrected chi connectivity index (χ3v) is 4.91. The molecule has 2 bridgehead atoms. The van der Waals surface area contributed by atoms with Crippen molar-refractivity contribution < 1.29 is 17.7 Å². The summed E-state index contributed by atoms with van der Waals surface area (Å²) in [7, 11) is 2.27. The summed E-state index contributed by atoms with van der Waals surface area (Å²) in [4.78, 5) is 0. The van der Waals surface area contributed by atoms with Crippen LogP contribution < -0.4 is 17.7 Å². The Hall–Kier alpha value is 0.250. The van der Waals surface area contributed by atoms with Crippen LogP contribution in [0.2, 0.25) is 0 Å². The van der Waals surface area contributed by atoms with Crippen molar-refractivity contribution in [1.29, 1.82) is 0 Å². The van der Waals surface area contributed by atoms with Crippen molar-refractivity contribution in [3.63, 3.8) is 0 Å². The van der Waals surface area contributed by atoms with Crippen molar-refractivity contribution in [2.75, 3.05) is 7.05 Å². The van der Waals surface area contributed by atoms with Crippen molar-refractivity contribution in [3.8, 4) is 0 Å². The van der Waals surface area contributed by atoms with Crippen LogP contribution in [0.15, 0.2) is 0 Å². The van der Waals surface area contributed by atoms with E-state index >= 15 is 0 Å². The van der Waals surface area contributed by atoms with Gasteiger partial charge in [-0.2, -0.15) is 0 Å². The van der Waals surface area contributed by atoms with E-state index in [9.17, 15) is 0 Å². The summed E-state index contributed by atoms with van der Waals surface area (Å²) in [6.45, 7) is 0. The molecule has 0 aromatic rings. The first-order valence-corrected chi connectivity index (χ1v) is 5.69. The predicted octanol–water partition coefficient (Wildman–Crippen LogP) is -1.99. The van der Waals surface area contributed by atoms with Crippen LogP contribution in [0.1, 0.15) is 32.1 Å². The second kappa shape index (κ2) is 3.43. The molecule has 2 heteroatoms. The number of nitrogens with two attached hydrogens (primary N) is 1. The van der Waals surface area contributed by atoms with Gasteiger partial charge in [-0.05, 0) is 37.0 Å². The largest absolute Gasteiger partial charge is 1.00 e. The average Bonchev–Trinajstić information content (AvgIpc) is 2.75. The molecule has 1 nitrogen and oxygen atoms in total. The van der Waals surface area contributed by atoms with Crippen LogP contribution in [-0.4, -0.2) is 13.1 Å². The van der Waals surface area contributed by atoms with E-state index in [0.29, 0.717) is 0 Å². The Balaban J connectivity index is 0.000000653. The molecule has 0 aromatic carbocycles. The minimum atomic E-state index is 0. The smallest absolute Gasteiger partial charge is 0.0891 e. The zero-order valence-electron chi connectivity index (χ0n) is 8.38. The molecule has 13 heavy (non-hydrogen) atoms. The van der Waals surface area contributed by atoms with Gasteiger partial charge in [0.15, 0.2) is 0 Å². The van der Waals surface area contributed by atoms with Gasteiger partial charge in [-0.3, -0.25) is 0 Å². The number of quaternary nitrogens is 1. The second-order valence-corrected chi connectivity index (χ2v) is 5.15. The Labute approximate surface area is 87.1 Å². The van der Waals surface area contributed by atoms with Crippen molar-refractivity contribution in [2.24, 2.45) is 23.7 Å². The SMILES string of the molecule is C[NH2+]C1CC2CC1C1CCCC21.[Cl-]. The summed E-state index contributed by atoms with van der Waals surface area (Å²) in [6.07, 6.45) is 7.81. The number of fused-ring (bicyclic) bond motifs is 5. The van der Waals surface area contributed by atoms with Gasteiger partial charge in [0.2, 0.25) is 0 Å². The van der Waals surface area contributed by atoms with Gasteiger partial charge >= 0.3 is 0 Å². The lowest BCUT2D eigenvalue weighted by molar-refractivity contribution is -0.671. The van der Waals surface area contributed by atoms with Crippen molar-refractivity contribution in [3.05, 3.63) is 0 Å². The van der Waals surface area contributed by atoms with Crippen LogP contribution in [0.4, 0.5) is 0 Å². The van der Waals surface area contributed by atoms with Crippen molar-refractivity contribution >= 4 is 0 Å². The van der Waals surface area contributed by atoms with Crippen LogP contribution in [0.3, 0.4) is 0 Å². The van der Waals surface area contributed by atoms with E-state index in [-0.39, 0.29) is 12.4 Å². The van der Waals surface area contributed by atoms with Gasteiger partial charge in [0.1, 0.15) is 0 Å². The molecule has 3 fully saturated rings. The quantitative estimate of drug-likeness (QED) is 0.506. The minimum Gasteiger partial charge on any atom is -1.00 e. The van der Waals surface area contributed by atoms with Crippen LogP contribution in [0.5, 0.6) is 0 Å². The molecule has 5 atom stereocenters. The lowest BCUT2D eigenvalue weighted by atomic mass is 9.79. The van der Waals surface area contributed by atoms with Crippen LogP contribution >= 0.6 is 0 Å². The summed E-state index contributed by atoms with van der Waals surface area (Å²) >= 11 is 0. The Morgan fingerprint density at radius 3 is 2.54 bits per heavy atom. The van der Waals surface area contributed by atoms with Crippen molar-refractivity contribution in [2.45, 2.75) is 38.1 Å².